The number of hydrogen-bond donors (Lipinski definition) is 2. The normalized spacial score (nSPS) is 11.7. The lowest BCUT2D eigenvalue weighted by molar-refractivity contribution is 0.209. The predicted molar refractivity (Wildman–Crippen MR) is 72.4 cm³/mol. The first kappa shape index (κ1) is 14.6. The average molecular weight is 255 g/mol. The second-order valence-electron chi connectivity index (χ2n) is 4.98. The van der Waals surface area contributed by atoms with Gasteiger partial charge < -0.3 is 15.5 Å². The van der Waals surface area contributed by atoms with Gasteiger partial charge in [0, 0.05) is 18.6 Å². The van der Waals surface area contributed by atoms with Crippen LogP contribution in [0.5, 0.6) is 0 Å². The van der Waals surface area contributed by atoms with E-state index in [1.807, 2.05) is 21.0 Å². The van der Waals surface area contributed by atoms with Crippen LogP contribution >= 0.6 is 0 Å². The summed E-state index contributed by atoms with van der Waals surface area (Å²) in [7, 11) is 3.98. The maximum absolute atomic E-state index is 13.6. The highest BCUT2D eigenvalue weighted by Gasteiger charge is 2.21. The van der Waals surface area contributed by atoms with Crippen molar-refractivity contribution in [2.24, 2.45) is 0 Å². The van der Waals surface area contributed by atoms with Crippen LogP contribution in [0.25, 0.3) is 0 Å². The van der Waals surface area contributed by atoms with Gasteiger partial charge in [0.1, 0.15) is 0 Å². The summed E-state index contributed by atoms with van der Waals surface area (Å²) in [5.74, 6) is 0.228. The van der Waals surface area contributed by atoms with Crippen molar-refractivity contribution in [3.05, 3.63) is 12.0 Å². The summed E-state index contributed by atoms with van der Waals surface area (Å²) in [5, 5.41) is 5.98. The zero-order valence-electron chi connectivity index (χ0n) is 11.7. The molecule has 1 rings (SSSR count). The van der Waals surface area contributed by atoms with Crippen molar-refractivity contribution in [1.29, 1.82) is 0 Å². The van der Waals surface area contributed by atoms with Gasteiger partial charge in [0.15, 0.2) is 11.6 Å². The van der Waals surface area contributed by atoms with Gasteiger partial charge in [-0.3, -0.25) is 0 Å². The molecule has 0 saturated heterocycles. The first-order chi connectivity index (χ1) is 8.36. The first-order valence-corrected chi connectivity index (χ1v) is 6.04. The molecular formula is C12H22FN5. The molecule has 0 radical (unpaired) electrons. The number of nitrogens with zero attached hydrogens (tertiary/aromatic N) is 3. The molecule has 1 heterocycles. The van der Waals surface area contributed by atoms with E-state index in [1.165, 1.54) is 6.20 Å². The lowest BCUT2D eigenvalue weighted by atomic mass is 10.0. The van der Waals surface area contributed by atoms with E-state index in [0.29, 0.717) is 19.0 Å². The third-order valence-corrected chi connectivity index (χ3v) is 2.98. The third kappa shape index (κ3) is 3.80. The summed E-state index contributed by atoms with van der Waals surface area (Å²) in [6.07, 6.45) is 1.18. The van der Waals surface area contributed by atoms with Gasteiger partial charge in [-0.05, 0) is 34.9 Å². The Hall–Kier alpha value is -1.43. The van der Waals surface area contributed by atoms with Crippen LogP contribution in [0, 0.1) is 5.82 Å². The van der Waals surface area contributed by atoms with Gasteiger partial charge in [0.25, 0.3) is 0 Å². The maximum Gasteiger partial charge on any atom is 0.224 e. The molecule has 0 saturated carbocycles. The van der Waals surface area contributed by atoms with Crippen molar-refractivity contribution in [3.63, 3.8) is 0 Å². The molecule has 0 aromatic carbocycles. The van der Waals surface area contributed by atoms with Gasteiger partial charge in [-0.1, -0.05) is 0 Å². The van der Waals surface area contributed by atoms with Gasteiger partial charge in [-0.25, -0.2) is 9.37 Å². The molecule has 0 aliphatic heterocycles. The summed E-state index contributed by atoms with van der Waals surface area (Å²) >= 11 is 0. The zero-order valence-corrected chi connectivity index (χ0v) is 11.7. The van der Waals surface area contributed by atoms with Gasteiger partial charge in [-0.2, -0.15) is 4.98 Å². The zero-order chi connectivity index (χ0) is 13.8. The minimum atomic E-state index is -0.439. The number of anilines is 2. The molecule has 0 unspecified atom stereocenters. The highest BCUT2D eigenvalue weighted by molar-refractivity contribution is 5.41. The fourth-order valence-corrected chi connectivity index (χ4v) is 1.19. The van der Waals surface area contributed by atoms with Crippen LogP contribution in [-0.4, -0.2) is 47.6 Å². The van der Waals surface area contributed by atoms with E-state index in [1.54, 1.807) is 0 Å². The molecule has 0 aliphatic carbocycles. The predicted octanol–water partition coefficient (Wildman–Crippen LogP) is 1.80. The molecule has 0 spiro atoms. The van der Waals surface area contributed by atoms with Crippen LogP contribution in [0.15, 0.2) is 6.20 Å². The van der Waals surface area contributed by atoms with Gasteiger partial charge >= 0.3 is 0 Å². The number of rotatable bonds is 6. The molecule has 5 nitrogen and oxygen atoms in total. The van der Waals surface area contributed by atoms with Gasteiger partial charge in [0.2, 0.25) is 5.95 Å². The summed E-state index contributed by atoms with van der Waals surface area (Å²) in [4.78, 5) is 10.0. The summed E-state index contributed by atoms with van der Waals surface area (Å²) in [5.41, 5.74) is -0.0876. The van der Waals surface area contributed by atoms with E-state index in [2.05, 4.69) is 39.3 Å². The molecule has 0 aliphatic rings. The third-order valence-electron chi connectivity index (χ3n) is 2.98. The molecular weight excluding hydrogens is 233 g/mol. The Kier molecular flexibility index (Phi) is 4.84. The average Bonchev–Trinajstić information content (AvgIpc) is 2.30. The maximum atomic E-state index is 13.6. The number of aromatic nitrogens is 2. The van der Waals surface area contributed by atoms with Crippen molar-refractivity contribution in [3.8, 4) is 0 Å². The van der Waals surface area contributed by atoms with E-state index in [-0.39, 0.29) is 11.4 Å². The van der Waals surface area contributed by atoms with Crippen LogP contribution in [0.2, 0.25) is 0 Å². The molecule has 102 valence electrons. The molecule has 0 fully saturated rings. The Labute approximate surface area is 108 Å². The fraction of sp³-hybridized carbons (Fsp3) is 0.667. The van der Waals surface area contributed by atoms with Crippen molar-refractivity contribution in [1.82, 2.24) is 14.9 Å². The topological polar surface area (TPSA) is 53.1 Å². The summed E-state index contributed by atoms with van der Waals surface area (Å²) in [6.45, 7) is 7.39. The lowest BCUT2D eigenvalue weighted by Gasteiger charge is -2.32. The Morgan fingerprint density at radius 2 is 2.00 bits per heavy atom. The number of nitrogens with one attached hydrogen (secondary N) is 2. The van der Waals surface area contributed by atoms with E-state index in [4.69, 9.17) is 0 Å². The number of halogens is 1. The first-order valence-electron chi connectivity index (χ1n) is 6.04. The SMILES string of the molecule is CCNc1ncc(F)c(NCC(C)(C)N(C)C)n1. The Morgan fingerprint density at radius 3 is 2.56 bits per heavy atom. The smallest absolute Gasteiger partial charge is 0.224 e. The van der Waals surface area contributed by atoms with Gasteiger partial charge in [0.05, 0.1) is 6.20 Å². The molecule has 1 aromatic rings. The lowest BCUT2D eigenvalue weighted by Crippen LogP contribution is -2.44. The van der Waals surface area contributed by atoms with Crippen molar-refractivity contribution in [2.45, 2.75) is 26.3 Å². The van der Waals surface area contributed by atoms with Crippen LogP contribution in [0.1, 0.15) is 20.8 Å². The minimum absolute atomic E-state index is 0.0876. The Bertz CT molecular complexity index is 392. The highest BCUT2D eigenvalue weighted by Crippen LogP contribution is 2.15. The quantitative estimate of drug-likeness (QED) is 0.812. The minimum Gasteiger partial charge on any atom is -0.366 e. The Morgan fingerprint density at radius 1 is 1.33 bits per heavy atom. The van der Waals surface area contributed by atoms with Crippen LogP contribution in [-0.2, 0) is 0 Å². The van der Waals surface area contributed by atoms with E-state index < -0.39 is 5.82 Å². The van der Waals surface area contributed by atoms with Crippen molar-refractivity contribution in [2.75, 3.05) is 37.8 Å². The summed E-state index contributed by atoms with van der Waals surface area (Å²) in [6, 6.07) is 0. The molecule has 18 heavy (non-hydrogen) atoms. The van der Waals surface area contributed by atoms with Crippen LogP contribution < -0.4 is 10.6 Å². The van der Waals surface area contributed by atoms with Gasteiger partial charge in [-0.15, -0.1) is 0 Å². The van der Waals surface area contributed by atoms with Crippen LogP contribution in [0.4, 0.5) is 16.2 Å². The molecule has 0 atom stereocenters. The summed E-state index contributed by atoms with van der Waals surface area (Å²) < 4.78 is 13.6. The standard InChI is InChI=1S/C12H22FN5/c1-6-14-11-15-7-9(13)10(17-11)16-8-12(2,3)18(4)5/h7H,6,8H2,1-5H3,(H2,14,15,16,17). The van der Waals surface area contributed by atoms with Crippen molar-refractivity contribution < 1.29 is 4.39 Å². The molecule has 0 amide bonds. The molecule has 1 aromatic heterocycles. The second kappa shape index (κ2) is 5.95. The van der Waals surface area contributed by atoms with E-state index in [0.717, 1.165) is 0 Å². The highest BCUT2D eigenvalue weighted by atomic mass is 19.1. The molecule has 6 heteroatoms. The largest absolute Gasteiger partial charge is 0.366 e. The fourth-order valence-electron chi connectivity index (χ4n) is 1.19. The van der Waals surface area contributed by atoms with Crippen molar-refractivity contribution >= 4 is 11.8 Å². The van der Waals surface area contributed by atoms with Crippen LogP contribution in [0.3, 0.4) is 0 Å². The van der Waals surface area contributed by atoms with E-state index in [9.17, 15) is 4.39 Å². The Balaban J connectivity index is 2.75. The second-order valence-corrected chi connectivity index (χ2v) is 4.98. The number of likely N-dealkylation sites (N-methyl/N-ethyl adjacent to an activating group) is 1. The molecule has 0 bridgehead atoms. The monoisotopic (exact) mass is 255 g/mol. The molecule has 2 N–H and O–H groups in total. The number of hydrogen-bond acceptors (Lipinski definition) is 5. The van der Waals surface area contributed by atoms with E-state index >= 15 is 0 Å².